The van der Waals surface area contributed by atoms with Gasteiger partial charge < -0.3 is 20.2 Å². The first-order valence-corrected chi connectivity index (χ1v) is 11.9. The summed E-state index contributed by atoms with van der Waals surface area (Å²) in [7, 11) is 0. The monoisotopic (exact) mass is 461 g/mol. The van der Waals surface area contributed by atoms with Gasteiger partial charge in [-0.15, -0.1) is 0 Å². The molecular weight excluding hydrogens is 430 g/mol. The largest absolute Gasteiger partial charge is 0.481 e. The number of hydrogen-bond donors (Lipinski definition) is 2. The molecule has 5 rings (SSSR count). The number of nitrogens with one attached hydrogen (secondary N) is 1. The molecule has 34 heavy (non-hydrogen) atoms. The van der Waals surface area contributed by atoms with Crippen LogP contribution < -0.4 is 5.32 Å². The minimum Gasteiger partial charge on any atom is -0.481 e. The van der Waals surface area contributed by atoms with E-state index in [-0.39, 0.29) is 12.5 Å². The predicted octanol–water partition coefficient (Wildman–Crippen LogP) is 3.82. The topological polar surface area (TPSA) is 98.7 Å². The zero-order valence-electron chi connectivity index (χ0n) is 19.3. The second-order valence-electron chi connectivity index (χ2n) is 8.54. The molecule has 4 heterocycles. The molecule has 1 fully saturated rings. The van der Waals surface area contributed by atoms with Crippen LogP contribution in [0.3, 0.4) is 0 Å². The van der Waals surface area contributed by atoms with Gasteiger partial charge in [0.25, 0.3) is 0 Å². The number of anilines is 1. The number of carbonyl (C=O) groups excluding carboxylic acids is 1. The Balaban J connectivity index is 0.000000226. The van der Waals surface area contributed by atoms with Gasteiger partial charge in [-0.25, -0.2) is 9.78 Å². The molecule has 8 heteroatoms. The highest BCUT2D eigenvalue weighted by Crippen LogP contribution is 2.20. The van der Waals surface area contributed by atoms with E-state index >= 15 is 0 Å². The normalized spacial score (nSPS) is 14.9. The molecule has 0 atom stereocenters. The summed E-state index contributed by atoms with van der Waals surface area (Å²) in [4.78, 5) is 35.1. The summed E-state index contributed by atoms with van der Waals surface area (Å²) in [5.41, 5.74) is 3.40. The zero-order chi connectivity index (χ0) is 23.8. The first-order chi connectivity index (χ1) is 16.6. The van der Waals surface area contributed by atoms with Gasteiger partial charge in [-0.3, -0.25) is 9.78 Å². The number of amides is 2. The van der Waals surface area contributed by atoms with E-state index in [4.69, 9.17) is 5.11 Å². The molecule has 0 spiro atoms. The van der Waals surface area contributed by atoms with E-state index in [1.165, 1.54) is 10.9 Å². The van der Waals surface area contributed by atoms with Crippen LogP contribution >= 0.6 is 0 Å². The number of carbonyl (C=O) groups is 2. The summed E-state index contributed by atoms with van der Waals surface area (Å²) in [6.45, 7) is 3.26. The second-order valence-corrected chi connectivity index (χ2v) is 8.54. The van der Waals surface area contributed by atoms with Crippen LogP contribution in [0.4, 0.5) is 10.6 Å². The summed E-state index contributed by atoms with van der Waals surface area (Å²) >= 11 is 0. The number of aliphatic carboxylic acids is 1. The lowest BCUT2D eigenvalue weighted by atomic mass is 10.1. The molecule has 0 unspecified atom stereocenters. The minimum atomic E-state index is -0.867. The number of rotatable bonds is 7. The van der Waals surface area contributed by atoms with Crippen LogP contribution in [0, 0.1) is 0 Å². The number of fused-ring (bicyclic) bond motifs is 2. The van der Waals surface area contributed by atoms with Crippen molar-refractivity contribution in [1.29, 1.82) is 0 Å². The first-order valence-electron chi connectivity index (χ1n) is 11.9. The molecule has 2 N–H and O–H groups in total. The van der Waals surface area contributed by atoms with Crippen molar-refractivity contribution < 1.29 is 14.7 Å². The number of aryl methyl sites for hydroxylation is 2. The highest BCUT2D eigenvalue weighted by molar-refractivity contribution is 5.78. The Hall–Kier alpha value is -3.68. The first kappa shape index (κ1) is 23.5. The Labute approximate surface area is 199 Å². The van der Waals surface area contributed by atoms with Crippen molar-refractivity contribution in [3.05, 3.63) is 66.0 Å². The third-order valence-electron chi connectivity index (χ3n) is 6.10. The predicted molar refractivity (Wildman–Crippen MR) is 132 cm³/mol. The highest BCUT2D eigenvalue weighted by Gasteiger charge is 2.27. The van der Waals surface area contributed by atoms with Crippen molar-refractivity contribution in [2.75, 3.05) is 38.0 Å². The van der Waals surface area contributed by atoms with Gasteiger partial charge >= 0.3 is 12.0 Å². The van der Waals surface area contributed by atoms with Gasteiger partial charge in [-0.05, 0) is 49.4 Å². The van der Waals surface area contributed by atoms with Gasteiger partial charge in [0.15, 0.2) is 0 Å². The summed E-state index contributed by atoms with van der Waals surface area (Å²) in [5, 5.41) is 13.3. The van der Waals surface area contributed by atoms with E-state index in [0.717, 1.165) is 49.3 Å². The van der Waals surface area contributed by atoms with E-state index in [1.54, 1.807) is 9.80 Å². The van der Waals surface area contributed by atoms with Crippen molar-refractivity contribution >= 4 is 28.7 Å². The van der Waals surface area contributed by atoms with Gasteiger partial charge in [0.05, 0.1) is 11.9 Å². The lowest BCUT2D eigenvalue weighted by Gasteiger charge is -2.19. The molecule has 0 bridgehead atoms. The van der Waals surface area contributed by atoms with Crippen LogP contribution in [0.15, 0.2) is 54.7 Å². The molecule has 2 aromatic heterocycles. The third-order valence-corrected chi connectivity index (χ3v) is 6.10. The smallest absolute Gasteiger partial charge is 0.320 e. The van der Waals surface area contributed by atoms with Gasteiger partial charge in [0.1, 0.15) is 5.82 Å². The van der Waals surface area contributed by atoms with Crippen LogP contribution in [0.2, 0.25) is 0 Å². The van der Waals surface area contributed by atoms with Crippen molar-refractivity contribution in [2.45, 2.75) is 32.1 Å². The Kier molecular flexibility index (Phi) is 7.91. The number of pyridine rings is 2. The van der Waals surface area contributed by atoms with Gasteiger partial charge in [-0.1, -0.05) is 30.3 Å². The zero-order valence-corrected chi connectivity index (χ0v) is 19.3. The van der Waals surface area contributed by atoms with Crippen molar-refractivity contribution in [2.24, 2.45) is 0 Å². The second kappa shape index (κ2) is 11.4. The molecule has 1 aromatic carbocycles. The molecule has 2 aliphatic rings. The maximum atomic E-state index is 12.2. The number of para-hydroxylation sites is 1. The van der Waals surface area contributed by atoms with Crippen LogP contribution in [0.25, 0.3) is 10.9 Å². The highest BCUT2D eigenvalue weighted by atomic mass is 16.4. The molecule has 2 aliphatic heterocycles. The van der Waals surface area contributed by atoms with Crippen LogP contribution in [0.5, 0.6) is 0 Å². The molecule has 3 aromatic rings. The van der Waals surface area contributed by atoms with E-state index in [2.05, 4.69) is 39.6 Å². The molecule has 2 amide bonds. The number of benzene rings is 1. The molecule has 0 aliphatic carbocycles. The van der Waals surface area contributed by atoms with Crippen LogP contribution in [0.1, 0.15) is 30.5 Å². The van der Waals surface area contributed by atoms with E-state index < -0.39 is 5.97 Å². The quantitative estimate of drug-likeness (QED) is 0.555. The van der Waals surface area contributed by atoms with E-state index in [9.17, 15) is 9.59 Å². The van der Waals surface area contributed by atoms with Crippen LogP contribution in [-0.4, -0.2) is 69.6 Å². The minimum absolute atomic E-state index is 0.00558. The summed E-state index contributed by atoms with van der Waals surface area (Å²) in [5.74, 6) is 0.143. The van der Waals surface area contributed by atoms with E-state index in [0.29, 0.717) is 26.2 Å². The maximum absolute atomic E-state index is 12.2. The fourth-order valence-corrected chi connectivity index (χ4v) is 4.25. The fourth-order valence-electron chi connectivity index (χ4n) is 4.25. The summed E-state index contributed by atoms with van der Waals surface area (Å²) < 4.78 is 0. The molecule has 8 nitrogen and oxygen atoms in total. The lowest BCUT2D eigenvalue weighted by Crippen LogP contribution is -2.33. The summed E-state index contributed by atoms with van der Waals surface area (Å²) in [6, 6.07) is 16.3. The average molecular weight is 462 g/mol. The van der Waals surface area contributed by atoms with Crippen LogP contribution in [-0.2, 0) is 17.6 Å². The van der Waals surface area contributed by atoms with Crippen molar-refractivity contribution in [1.82, 2.24) is 19.8 Å². The number of carboxylic acid groups (broad SMARTS) is 1. The number of urea groups is 1. The molecule has 178 valence electrons. The van der Waals surface area contributed by atoms with Gasteiger partial charge in [0, 0.05) is 50.0 Å². The number of nitrogens with zero attached hydrogens (tertiary/aromatic N) is 4. The number of hydrogen-bond acceptors (Lipinski definition) is 5. The molecule has 0 saturated carbocycles. The third kappa shape index (κ3) is 6.21. The lowest BCUT2D eigenvalue weighted by molar-refractivity contribution is -0.137. The number of aromatic nitrogens is 2. The van der Waals surface area contributed by atoms with Crippen molar-refractivity contribution in [3.8, 4) is 0 Å². The standard InChI is InChI=1S/C17H24N4O3.C9H7N/c22-15(23)7-10-21-12-11-20(17(21)24)9-2-4-14-6-5-13-3-1-8-18-16(13)19-14;1-2-6-9-8(4-1)5-3-7-10-9/h5-6H,1-4,7-12H2,(H,18,19)(H,22,23);1-7H. The Morgan fingerprint density at radius 3 is 2.65 bits per heavy atom. The van der Waals surface area contributed by atoms with Crippen molar-refractivity contribution in [3.63, 3.8) is 0 Å². The summed E-state index contributed by atoms with van der Waals surface area (Å²) in [6.07, 6.45) is 5.76. The molecule has 0 radical (unpaired) electrons. The van der Waals surface area contributed by atoms with Gasteiger partial charge in [-0.2, -0.15) is 0 Å². The average Bonchev–Trinajstić information content (AvgIpc) is 3.22. The Morgan fingerprint density at radius 2 is 1.82 bits per heavy atom. The maximum Gasteiger partial charge on any atom is 0.320 e. The van der Waals surface area contributed by atoms with Gasteiger partial charge in [0.2, 0.25) is 0 Å². The molecule has 1 saturated heterocycles. The number of carboxylic acids is 1. The Bertz CT molecular complexity index is 1070. The molecular formula is C26H31N5O3. The Morgan fingerprint density at radius 1 is 1.03 bits per heavy atom. The van der Waals surface area contributed by atoms with E-state index in [1.807, 2.05) is 30.5 Å². The SMILES string of the molecule is O=C(O)CCN1CCN(CCCc2ccc3c(n2)NCCC3)C1=O.c1ccc2ncccc2c1. The fraction of sp³-hybridized carbons (Fsp3) is 0.385.